The van der Waals surface area contributed by atoms with Gasteiger partial charge in [-0.25, -0.2) is 0 Å². The maximum Gasteiger partial charge on any atom is 0.258 e. The maximum atomic E-state index is 12.4. The molecule has 0 fully saturated rings. The molecule has 0 aliphatic carbocycles. The van der Waals surface area contributed by atoms with Gasteiger partial charge in [-0.05, 0) is 18.6 Å². The third-order valence-corrected chi connectivity index (χ3v) is 5.79. The Morgan fingerprint density at radius 1 is 1.36 bits per heavy atom. The van der Waals surface area contributed by atoms with Crippen LogP contribution in [0.4, 0.5) is 5.13 Å². The van der Waals surface area contributed by atoms with Gasteiger partial charge in [-0.1, -0.05) is 48.2 Å². The van der Waals surface area contributed by atoms with Crippen molar-refractivity contribution in [3.05, 3.63) is 42.5 Å². The molecule has 1 aromatic heterocycles. The molecule has 0 bridgehead atoms. The first-order valence-electron chi connectivity index (χ1n) is 6.85. The minimum absolute atomic E-state index is 0.157. The van der Waals surface area contributed by atoms with E-state index in [1.807, 2.05) is 30.3 Å². The summed E-state index contributed by atoms with van der Waals surface area (Å²) < 4.78 is 0.881. The number of anilines is 1. The van der Waals surface area contributed by atoms with Gasteiger partial charge in [-0.2, -0.15) is 0 Å². The van der Waals surface area contributed by atoms with Gasteiger partial charge in [0.15, 0.2) is 4.34 Å². The summed E-state index contributed by atoms with van der Waals surface area (Å²) in [7, 11) is 0. The van der Waals surface area contributed by atoms with Crippen LogP contribution in [0.1, 0.15) is 23.7 Å². The van der Waals surface area contributed by atoms with Crippen LogP contribution in [0.25, 0.3) is 0 Å². The Hall–Kier alpha value is -1.31. The number of nitrogens with zero attached hydrogens (tertiary/aromatic N) is 2. The van der Waals surface area contributed by atoms with Gasteiger partial charge in [0, 0.05) is 16.4 Å². The Balaban J connectivity index is 2.05. The van der Waals surface area contributed by atoms with Gasteiger partial charge in [-0.15, -0.1) is 28.5 Å². The molecule has 0 saturated carbocycles. The summed E-state index contributed by atoms with van der Waals surface area (Å²) in [4.78, 5) is 13.3. The molecule has 1 aromatic carbocycles. The Bertz CT molecular complexity index is 642. The predicted octanol–water partition coefficient (Wildman–Crippen LogP) is 4.57. The number of benzene rings is 1. The quantitative estimate of drug-likeness (QED) is 0.429. The molecule has 0 aliphatic heterocycles. The lowest BCUT2D eigenvalue weighted by Crippen LogP contribution is -2.12. The molecule has 0 saturated heterocycles. The summed E-state index contributed by atoms with van der Waals surface area (Å²) in [5.74, 6) is 1.61. The van der Waals surface area contributed by atoms with Crippen LogP contribution in [0, 0.1) is 0 Å². The van der Waals surface area contributed by atoms with E-state index in [0.717, 1.165) is 27.2 Å². The van der Waals surface area contributed by atoms with E-state index in [1.54, 1.807) is 23.5 Å². The topological polar surface area (TPSA) is 54.9 Å². The van der Waals surface area contributed by atoms with E-state index < -0.39 is 0 Å². The first-order valence-corrected chi connectivity index (χ1v) is 9.63. The van der Waals surface area contributed by atoms with Crippen molar-refractivity contribution in [3.8, 4) is 0 Å². The Kier molecular flexibility index (Phi) is 6.95. The predicted molar refractivity (Wildman–Crippen MR) is 96.2 cm³/mol. The third-order valence-electron chi connectivity index (χ3n) is 2.54. The molecule has 2 aromatic rings. The number of hydrogen-bond donors (Lipinski definition) is 1. The highest BCUT2D eigenvalue weighted by atomic mass is 32.2. The van der Waals surface area contributed by atoms with Gasteiger partial charge in [0.25, 0.3) is 5.91 Å². The van der Waals surface area contributed by atoms with E-state index in [1.165, 1.54) is 11.3 Å². The summed E-state index contributed by atoms with van der Waals surface area (Å²) in [5, 5.41) is 11.4. The molecule has 0 radical (unpaired) electrons. The fourth-order valence-corrected chi connectivity index (χ4v) is 4.06. The van der Waals surface area contributed by atoms with E-state index >= 15 is 0 Å². The van der Waals surface area contributed by atoms with E-state index in [2.05, 4.69) is 29.0 Å². The summed E-state index contributed by atoms with van der Waals surface area (Å²) in [6, 6.07) is 7.53. The van der Waals surface area contributed by atoms with Gasteiger partial charge in [0.1, 0.15) is 0 Å². The highest BCUT2D eigenvalue weighted by Gasteiger charge is 2.13. The number of aromatic nitrogens is 2. The van der Waals surface area contributed by atoms with Crippen LogP contribution in [-0.2, 0) is 0 Å². The normalized spacial score (nSPS) is 10.4. The molecule has 0 unspecified atom stereocenters. The van der Waals surface area contributed by atoms with Crippen LogP contribution in [0.15, 0.2) is 46.2 Å². The largest absolute Gasteiger partial charge is 0.296 e. The van der Waals surface area contributed by atoms with Crippen LogP contribution >= 0.6 is 34.9 Å². The van der Waals surface area contributed by atoms with Crippen molar-refractivity contribution in [2.24, 2.45) is 0 Å². The average Bonchev–Trinajstić information content (AvgIpc) is 2.98. The van der Waals surface area contributed by atoms with E-state index in [-0.39, 0.29) is 5.91 Å². The van der Waals surface area contributed by atoms with Crippen molar-refractivity contribution in [1.29, 1.82) is 0 Å². The zero-order valence-electron chi connectivity index (χ0n) is 12.2. The zero-order valence-corrected chi connectivity index (χ0v) is 14.7. The van der Waals surface area contributed by atoms with Crippen LogP contribution in [0.3, 0.4) is 0 Å². The highest BCUT2D eigenvalue weighted by Crippen LogP contribution is 2.27. The molecule has 22 heavy (non-hydrogen) atoms. The average molecular weight is 352 g/mol. The number of nitrogens with one attached hydrogen (secondary N) is 1. The molecule has 0 atom stereocenters. The number of rotatable bonds is 8. The summed E-state index contributed by atoms with van der Waals surface area (Å²) in [6.07, 6.45) is 2.90. The van der Waals surface area contributed by atoms with Crippen molar-refractivity contribution in [2.45, 2.75) is 22.6 Å². The number of carbonyl (C=O) groups is 1. The van der Waals surface area contributed by atoms with Crippen molar-refractivity contribution >= 4 is 45.9 Å². The van der Waals surface area contributed by atoms with Crippen LogP contribution in [0.5, 0.6) is 0 Å². The molecule has 1 heterocycles. The molecular weight excluding hydrogens is 334 g/mol. The lowest BCUT2D eigenvalue weighted by Gasteiger charge is -2.07. The Morgan fingerprint density at radius 2 is 2.18 bits per heavy atom. The monoisotopic (exact) mass is 351 g/mol. The molecule has 4 nitrogen and oxygen atoms in total. The van der Waals surface area contributed by atoms with Crippen molar-refractivity contribution in [3.63, 3.8) is 0 Å². The van der Waals surface area contributed by atoms with Crippen LogP contribution < -0.4 is 5.32 Å². The van der Waals surface area contributed by atoms with Gasteiger partial charge in [0.2, 0.25) is 5.13 Å². The Labute approximate surface area is 142 Å². The van der Waals surface area contributed by atoms with E-state index in [4.69, 9.17) is 0 Å². The molecule has 1 amide bonds. The second-order valence-electron chi connectivity index (χ2n) is 4.27. The lowest BCUT2D eigenvalue weighted by molar-refractivity contribution is 0.102. The van der Waals surface area contributed by atoms with Gasteiger partial charge in [0.05, 0.1) is 5.56 Å². The molecule has 0 spiro atoms. The highest BCUT2D eigenvalue weighted by molar-refractivity contribution is 8.01. The third kappa shape index (κ3) is 4.86. The zero-order chi connectivity index (χ0) is 15.8. The summed E-state index contributed by atoms with van der Waals surface area (Å²) in [5.41, 5.74) is 0.646. The van der Waals surface area contributed by atoms with E-state index in [9.17, 15) is 4.79 Å². The number of thioether (sulfide) groups is 2. The first-order chi connectivity index (χ1) is 10.7. The number of carbonyl (C=O) groups excluding carboxylic acids is 1. The molecular formula is C15H17N3OS3. The van der Waals surface area contributed by atoms with Gasteiger partial charge in [-0.3, -0.25) is 10.1 Å². The summed E-state index contributed by atoms with van der Waals surface area (Å²) >= 11 is 4.65. The van der Waals surface area contributed by atoms with Gasteiger partial charge >= 0.3 is 0 Å². The SMILES string of the molecule is C=CCSc1ccccc1C(=O)Nc1nnc(SCCC)s1. The molecule has 1 N–H and O–H groups in total. The van der Waals surface area contributed by atoms with Gasteiger partial charge < -0.3 is 0 Å². The van der Waals surface area contributed by atoms with E-state index in [0.29, 0.717) is 10.7 Å². The minimum atomic E-state index is -0.157. The van der Waals surface area contributed by atoms with Crippen LogP contribution in [0.2, 0.25) is 0 Å². The molecule has 7 heteroatoms. The second kappa shape index (κ2) is 8.97. The maximum absolute atomic E-state index is 12.4. The fraction of sp³-hybridized carbons (Fsp3) is 0.267. The minimum Gasteiger partial charge on any atom is -0.296 e. The standard InChI is InChI=1S/C15H17N3OS3/c1-3-9-20-12-8-6-5-7-11(12)13(19)16-14-17-18-15(22-14)21-10-4-2/h3,5-8H,1,4,9-10H2,2H3,(H,16,17,19). The number of amides is 1. The molecule has 2 rings (SSSR count). The fourth-order valence-electron chi connectivity index (χ4n) is 1.60. The van der Waals surface area contributed by atoms with Crippen LogP contribution in [-0.4, -0.2) is 27.6 Å². The van der Waals surface area contributed by atoms with Crippen molar-refractivity contribution < 1.29 is 4.79 Å². The smallest absolute Gasteiger partial charge is 0.258 e. The number of hydrogen-bond acceptors (Lipinski definition) is 6. The second-order valence-corrected chi connectivity index (χ2v) is 7.65. The molecule has 0 aliphatic rings. The molecule has 116 valence electrons. The summed E-state index contributed by atoms with van der Waals surface area (Å²) in [6.45, 7) is 5.82. The first kappa shape index (κ1) is 17.1. The van der Waals surface area contributed by atoms with Crippen molar-refractivity contribution in [2.75, 3.05) is 16.8 Å². The lowest BCUT2D eigenvalue weighted by atomic mass is 10.2. The van der Waals surface area contributed by atoms with Crippen molar-refractivity contribution in [1.82, 2.24) is 10.2 Å². The Morgan fingerprint density at radius 3 is 2.95 bits per heavy atom.